The summed E-state index contributed by atoms with van der Waals surface area (Å²) in [6, 6.07) is 23.6. The molecule has 0 spiro atoms. The quantitative estimate of drug-likeness (QED) is 0.391. The molecular weight excluding hydrogens is 442 g/mol. The molecule has 176 valence electrons. The van der Waals surface area contributed by atoms with E-state index < -0.39 is 11.7 Å². The Kier molecular flexibility index (Phi) is 5.61. The lowest BCUT2D eigenvalue weighted by Gasteiger charge is -2.29. The molecule has 7 nitrogen and oxygen atoms in total. The number of hydrogen-bond donors (Lipinski definition) is 1. The first-order chi connectivity index (χ1) is 16.9. The number of benzene rings is 3. The van der Waals surface area contributed by atoms with Gasteiger partial charge >= 0.3 is 6.09 Å². The normalized spacial score (nSPS) is 16.7. The van der Waals surface area contributed by atoms with Crippen LogP contribution in [0.5, 0.6) is 5.75 Å². The van der Waals surface area contributed by atoms with Crippen molar-refractivity contribution in [2.24, 2.45) is 0 Å². The number of carbonyl (C=O) groups is 2. The molecule has 7 heteroatoms. The Bertz CT molecular complexity index is 1390. The molecule has 1 aliphatic rings. The third-order valence-electron chi connectivity index (χ3n) is 6.18. The van der Waals surface area contributed by atoms with Crippen LogP contribution < -0.4 is 15.0 Å². The molecule has 1 saturated heterocycles. The zero-order chi connectivity index (χ0) is 24.6. The molecule has 2 heterocycles. The summed E-state index contributed by atoms with van der Waals surface area (Å²) in [4.78, 5) is 31.8. The molecule has 0 bridgehead atoms. The van der Waals surface area contributed by atoms with E-state index in [9.17, 15) is 9.59 Å². The molecule has 1 atom stereocenters. The number of carbonyl (C=O) groups excluding carboxylic acids is 2. The maximum atomic E-state index is 12.9. The number of cyclic esters (lactones) is 1. The lowest BCUT2D eigenvalue weighted by atomic mass is 9.91. The Morgan fingerprint density at radius 2 is 1.71 bits per heavy atom. The topological polar surface area (TPSA) is 80.8 Å². The van der Waals surface area contributed by atoms with E-state index in [1.807, 2.05) is 68.4 Å². The number of nitrogens with zero attached hydrogens (tertiary/aromatic N) is 2. The second kappa shape index (κ2) is 8.76. The highest BCUT2D eigenvalue weighted by molar-refractivity contribution is 6.08. The van der Waals surface area contributed by atoms with E-state index in [0.29, 0.717) is 16.9 Å². The summed E-state index contributed by atoms with van der Waals surface area (Å²) in [6.07, 6.45) is 1.26. The minimum absolute atomic E-state index is 0.259. The van der Waals surface area contributed by atoms with Crippen LogP contribution in [0.2, 0.25) is 0 Å². The monoisotopic (exact) mass is 467 g/mol. The first-order valence-electron chi connectivity index (χ1n) is 11.3. The first-order valence-corrected chi connectivity index (χ1v) is 11.3. The molecule has 1 N–H and O–H groups in total. The highest BCUT2D eigenvalue weighted by Gasteiger charge is 2.49. The molecule has 5 rings (SSSR count). The number of pyridine rings is 1. The lowest BCUT2D eigenvalue weighted by Crippen LogP contribution is -2.33. The molecule has 1 aliphatic heterocycles. The molecule has 2 amide bonds. The van der Waals surface area contributed by atoms with Crippen molar-refractivity contribution in [3.63, 3.8) is 0 Å². The average molecular weight is 468 g/mol. The largest absolute Gasteiger partial charge is 0.497 e. The van der Waals surface area contributed by atoms with Crippen LogP contribution in [-0.2, 0) is 4.74 Å². The minimum Gasteiger partial charge on any atom is -0.497 e. The fraction of sp³-hybridized carbons (Fsp3) is 0.179. The number of hydrogen-bond acceptors (Lipinski definition) is 5. The van der Waals surface area contributed by atoms with Crippen LogP contribution in [0.1, 0.15) is 35.8 Å². The second-order valence-electron chi connectivity index (χ2n) is 8.90. The number of nitrogens with one attached hydrogen (secondary N) is 1. The van der Waals surface area contributed by atoms with Gasteiger partial charge in [0.05, 0.1) is 18.3 Å². The summed E-state index contributed by atoms with van der Waals surface area (Å²) < 4.78 is 11.0. The number of amides is 2. The van der Waals surface area contributed by atoms with Gasteiger partial charge in [-0.2, -0.15) is 0 Å². The van der Waals surface area contributed by atoms with Crippen LogP contribution in [-0.4, -0.2) is 29.7 Å². The zero-order valence-corrected chi connectivity index (χ0v) is 19.7. The van der Waals surface area contributed by atoms with Crippen molar-refractivity contribution >= 4 is 34.3 Å². The van der Waals surface area contributed by atoms with Crippen molar-refractivity contribution in [1.82, 2.24) is 4.98 Å². The number of para-hydroxylation sites is 1. The second-order valence-corrected chi connectivity index (χ2v) is 8.90. The highest BCUT2D eigenvalue weighted by Crippen LogP contribution is 2.44. The SMILES string of the molecule is COc1ccc([C@H]2N(c3ccc(C(=O)Nc4cccc5cccnc45)cc3)C(=O)OC2(C)C)cc1. The minimum atomic E-state index is -0.747. The predicted octanol–water partition coefficient (Wildman–Crippen LogP) is 5.97. The van der Waals surface area contributed by atoms with E-state index in [2.05, 4.69) is 10.3 Å². The van der Waals surface area contributed by atoms with E-state index in [-0.39, 0.29) is 11.9 Å². The Morgan fingerprint density at radius 3 is 2.43 bits per heavy atom. The van der Waals surface area contributed by atoms with E-state index in [4.69, 9.17) is 9.47 Å². The van der Waals surface area contributed by atoms with Gasteiger partial charge in [-0.1, -0.05) is 30.3 Å². The van der Waals surface area contributed by atoms with E-state index in [1.54, 1.807) is 42.5 Å². The smallest absolute Gasteiger partial charge is 0.415 e. The lowest BCUT2D eigenvalue weighted by molar-refractivity contribution is 0.0685. The Balaban J connectivity index is 1.41. The Hall–Kier alpha value is -4.39. The Morgan fingerprint density at radius 1 is 1.00 bits per heavy atom. The fourth-order valence-electron chi connectivity index (χ4n) is 4.51. The van der Waals surface area contributed by atoms with Gasteiger partial charge in [-0.25, -0.2) is 4.79 Å². The number of methoxy groups -OCH3 is 1. The van der Waals surface area contributed by atoms with Crippen LogP contribution in [0.3, 0.4) is 0 Å². The van der Waals surface area contributed by atoms with Gasteiger partial charge in [0.2, 0.25) is 0 Å². The molecule has 0 aliphatic carbocycles. The number of ether oxygens (including phenoxy) is 2. The maximum absolute atomic E-state index is 12.9. The summed E-state index contributed by atoms with van der Waals surface area (Å²) in [6.45, 7) is 3.78. The van der Waals surface area contributed by atoms with Crippen LogP contribution in [0, 0.1) is 0 Å². The van der Waals surface area contributed by atoms with Crippen molar-refractivity contribution < 1.29 is 19.1 Å². The van der Waals surface area contributed by atoms with Gasteiger partial charge < -0.3 is 14.8 Å². The maximum Gasteiger partial charge on any atom is 0.415 e. The predicted molar refractivity (Wildman–Crippen MR) is 135 cm³/mol. The van der Waals surface area contributed by atoms with Crippen LogP contribution in [0.4, 0.5) is 16.2 Å². The molecule has 1 aromatic heterocycles. The van der Waals surface area contributed by atoms with Crippen molar-refractivity contribution in [2.45, 2.75) is 25.5 Å². The van der Waals surface area contributed by atoms with E-state index >= 15 is 0 Å². The van der Waals surface area contributed by atoms with Crippen molar-refractivity contribution in [1.29, 1.82) is 0 Å². The molecule has 0 unspecified atom stereocenters. The van der Waals surface area contributed by atoms with Crippen LogP contribution >= 0.6 is 0 Å². The van der Waals surface area contributed by atoms with Crippen LogP contribution in [0.15, 0.2) is 85.1 Å². The van der Waals surface area contributed by atoms with Crippen molar-refractivity contribution in [2.75, 3.05) is 17.3 Å². The van der Waals surface area contributed by atoms with Gasteiger partial charge in [0.25, 0.3) is 5.91 Å². The number of fused-ring (bicyclic) bond motifs is 1. The van der Waals surface area contributed by atoms with Gasteiger partial charge in [0.1, 0.15) is 17.4 Å². The Labute approximate surface area is 203 Å². The van der Waals surface area contributed by atoms with E-state index in [1.165, 1.54) is 0 Å². The molecule has 0 saturated carbocycles. The molecule has 3 aromatic carbocycles. The summed E-state index contributed by atoms with van der Waals surface area (Å²) in [5.41, 5.74) is 2.65. The van der Waals surface area contributed by atoms with Gasteiger partial charge in [-0.15, -0.1) is 0 Å². The molecule has 4 aromatic rings. The van der Waals surface area contributed by atoms with Gasteiger partial charge in [0, 0.05) is 22.8 Å². The molecule has 35 heavy (non-hydrogen) atoms. The van der Waals surface area contributed by atoms with Crippen molar-refractivity contribution in [3.8, 4) is 5.75 Å². The molecule has 0 radical (unpaired) electrons. The molecule has 1 fully saturated rings. The zero-order valence-electron chi connectivity index (χ0n) is 19.7. The summed E-state index contributed by atoms with van der Waals surface area (Å²) in [7, 11) is 1.61. The summed E-state index contributed by atoms with van der Waals surface area (Å²) >= 11 is 0. The average Bonchev–Trinajstić information content (AvgIpc) is 3.12. The van der Waals surface area contributed by atoms with Crippen molar-refractivity contribution in [3.05, 3.63) is 96.2 Å². The third-order valence-corrected chi connectivity index (χ3v) is 6.18. The van der Waals surface area contributed by atoms with Crippen LogP contribution in [0.25, 0.3) is 10.9 Å². The molecular formula is C28H25N3O4. The summed E-state index contributed by atoms with van der Waals surface area (Å²) in [5.74, 6) is 0.478. The number of aromatic nitrogens is 1. The van der Waals surface area contributed by atoms with E-state index in [0.717, 1.165) is 22.2 Å². The number of rotatable bonds is 5. The third kappa shape index (κ3) is 4.17. The highest BCUT2D eigenvalue weighted by atomic mass is 16.6. The fourth-order valence-corrected chi connectivity index (χ4v) is 4.51. The number of anilines is 2. The first kappa shape index (κ1) is 22.4. The van der Waals surface area contributed by atoms with Gasteiger partial charge in [0.15, 0.2) is 0 Å². The van der Waals surface area contributed by atoms with Gasteiger partial charge in [-0.3, -0.25) is 14.7 Å². The van der Waals surface area contributed by atoms with Gasteiger partial charge in [-0.05, 0) is 67.9 Å². The standard InChI is InChI=1S/C28H25N3O4/c1-28(2)25(19-11-15-22(34-3)16-12-19)31(27(33)35-28)21-13-9-20(10-14-21)26(32)30-23-8-4-6-18-7-5-17-29-24(18)23/h4-17,25H,1-3H3,(H,30,32)/t25-/m1/s1. The summed E-state index contributed by atoms with van der Waals surface area (Å²) in [5, 5.41) is 3.88.